The van der Waals surface area contributed by atoms with Gasteiger partial charge in [-0.25, -0.2) is 4.79 Å². The number of nitrogens with one attached hydrogen (secondary N) is 1. The van der Waals surface area contributed by atoms with Crippen molar-refractivity contribution in [1.82, 2.24) is 20.2 Å². The Hall–Kier alpha value is -5.12. The molecule has 5 aromatic rings. The maximum Gasteiger partial charge on any atom is 0.349 e. The summed E-state index contributed by atoms with van der Waals surface area (Å²) in [6, 6.07) is 23.2. The van der Waals surface area contributed by atoms with Crippen molar-refractivity contribution in [3.63, 3.8) is 0 Å². The number of benzene rings is 3. The van der Waals surface area contributed by atoms with Gasteiger partial charge in [0.05, 0.1) is 5.69 Å². The number of carbonyl (C=O) groups is 2. The molecular formula is C28H22N6O4. The van der Waals surface area contributed by atoms with E-state index in [2.05, 4.69) is 20.7 Å². The lowest BCUT2D eigenvalue weighted by molar-refractivity contribution is -0.119. The average molecular weight is 507 g/mol. The average Bonchev–Trinajstić information content (AvgIpc) is 3.40. The summed E-state index contributed by atoms with van der Waals surface area (Å²) in [4.78, 5) is 41.5. The monoisotopic (exact) mass is 506 g/mol. The number of anilines is 2. The first-order valence-corrected chi connectivity index (χ1v) is 12.2. The van der Waals surface area contributed by atoms with E-state index in [1.807, 2.05) is 24.3 Å². The zero-order chi connectivity index (χ0) is 26.1. The van der Waals surface area contributed by atoms with Crippen LogP contribution < -0.4 is 15.8 Å². The van der Waals surface area contributed by atoms with Crippen molar-refractivity contribution < 1.29 is 14.0 Å². The summed E-state index contributed by atoms with van der Waals surface area (Å²) in [5, 5.41) is 15.9. The van der Waals surface area contributed by atoms with Gasteiger partial charge < -0.3 is 14.6 Å². The summed E-state index contributed by atoms with van der Waals surface area (Å²) in [5.41, 5.74) is 2.48. The first-order chi connectivity index (χ1) is 18.6. The summed E-state index contributed by atoms with van der Waals surface area (Å²) >= 11 is 0. The zero-order valence-electron chi connectivity index (χ0n) is 20.2. The topological polar surface area (TPSA) is 123 Å². The van der Waals surface area contributed by atoms with Crippen molar-refractivity contribution in [3.8, 4) is 11.4 Å². The maximum atomic E-state index is 13.1. The van der Waals surface area contributed by atoms with Crippen LogP contribution in [0.4, 0.5) is 11.4 Å². The van der Waals surface area contributed by atoms with Gasteiger partial charge in [-0.05, 0) is 54.0 Å². The van der Waals surface area contributed by atoms with Crippen molar-refractivity contribution in [1.29, 1.82) is 0 Å². The minimum absolute atomic E-state index is 0.0754. The molecule has 10 heteroatoms. The molecular weight excluding hydrogens is 484 g/mol. The van der Waals surface area contributed by atoms with E-state index < -0.39 is 11.5 Å². The highest BCUT2D eigenvalue weighted by atomic mass is 16.4. The number of hydrogen-bond acceptors (Lipinski definition) is 7. The third-order valence-electron chi connectivity index (χ3n) is 6.44. The Kier molecular flexibility index (Phi) is 5.97. The molecule has 1 aliphatic heterocycles. The van der Waals surface area contributed by atoms with Gasteiger partial charge in [-0.1, -0.05) is 48.5 Å². The zero-order valence-corrected chi connectivity index (χ0v) is 20.2. The fourth-order valence-corrected chi connectivity index (χ4v) is 4.61. The van der Waals surface area contributed by atoms with Crippen molar-refractivity contribution in [2.45, 2.75) is 19.4 Å². The molecule has 1 N–H and O–H groups in total. The number of tetrazole rings is 1. The lowest BCUT2D eigenvalue weighted by Crippen LogP contribution is -2.38. The number of rotatable bonds is 5. The van der Waals surface area contributed by atoms with Gasteiger partial charge in [0.2, 0.25) is 5.82 Å². The van der Waals surface area contributed by atoms with Crippen molar-refractivity contribution in [2.24, 2.45) is 0 Å². The van der Waals surface area contributed by atoms with Crippen LogP contribution in [0.1, 0.15) is 22.3 Å². The fraction of sp³-hybridized carbons (Fsp3) is 0.143. The Balaban J connectivity index is 1.22. The van der Waals surface area contributed by atoms with Gasteiger partial charge >= 0.3 is 5.63 Å². The van der Waals surface area contributed by atoms with E-state index in [1.54, 1.807) is 53.4 Å². The lowest BCUT2D eigenvalue weighted by atomic mass is 10.0. The molecule has 3 heterocycles. The van der Waals surface area contributed by atoms with Crippen LogP contribution in [-0.2, 0) is 17.8 Å². The molecule has 188 valence electrons. The predicted molar refractivity (Wildman–Crippen MR) is 141 cm³/mol. The Labute approximate surface area is 216 Å². The van der Waals surface area contributed by atoms with E-state index in [9.17, 15) is 14.4 Å². The molecule has 0 spiro atoms. The van der Waals surface area contributed by atoms with E-state index in [4.69, 9.17) is 4.42 Å². The van der Waals surface area contributed by atoms with E-state index >= 15 is 0 Å². The molecule has 0 fully saturated rings. The van der Waals surface area contributed by atoms with Crippen molar-refractivity contribution in [3.05, 3.63) is 100 Å². The number of fused-ring (bicyclic) bond motifs is 2. The van der Waals surface area contributed by atoms with Crippen molar-refractivity contribution in [2.75, 3.05) is 16.8 Å². The van der Waals surface area contributed by atoms with Crippen LogP contribution in [0.5, 0.6) is 0 Å². The summed E-state index contributed by atoms with van der Waals surface area (Å²) in [6.45, 7) is 0.559. The summed E-state index contributed by atoms with van der Waals surface area (Å²) in [5.74, 6) is -0.521. The highest BCUT2D eigenvalue weighted by Crippen LogP contribution is 2.27. The molecule has 38 heavy (non-hydrogen) atoms. The van der Waals surface area contributed by atoms with Gasteiger partial charge in [0.1, 0.15) is 17.7 Å². The summed E-state index contributed by atoms with van der Waals surface area (Å²) in [6.07, 6.45) is 1.83. The smallest absolute Gasteiger partial charge is 0.349 e. The van der Waals surface area contributed by atoms with Crippen LogP contribution in [0.2, 0.25) is 0 Å². The molecule has 2 amide bonds. The first-order valence-electron chi connectivity index (χ1n) is 12.2. The highest BCUT2D eigenvalue weighted by molar-refractivity contribution is 6.07. The van der Waals surface area contributed by atoms with E-state index in [0.717, 1.165) is 24.1 Å². The van der Waals surface area contributed by atoms with Gasteiger partial charge in [0.15, 0.2) is 0 Å². The van der Waals surface area contributed by atoms with Gasteiger partial charge in [-0.3, -0.25) is 9.59 Å². The minimum atomic E-state index is -0.736. The molecule has 0 unspecified atom stereocenters. The van der Waals surface area contributed by atoms with Crippen LogP contribution in [0.15, 0.2) is 88.1 Å². The molecule has 0 saturated heterocycles. The lowest BCUT2D eigenvalue weighted by Gasteiger charge is -2.29. The molecule has 10 nitrogen and oxygen atoms in total. The number of aromatic nitrogens is 4. The molecule has 3 aromatic carbocycles. The van der Waals surface area contributed by atoms with Crippen LogP contribution in [0.25, 0.3) is 22.4 Å². The second-order valence-electron chi connectivity index (χ2n) is 8.91. The first kappa shape index (κ1) is 23.3. The number of aryl methyl sites for hydroxylation is 1. The maximum absolute atomic E-state index is 13.1. The molecule has 1 aliphatic rings. The Morgan fingerprint density at radius 1 is 0.974 bits per heavy atom. The molecule has 0 atom stereocenters. The number of carbonyl (C=O) groups excluding carboxylic acids is 2. The molecule has 0 aliphatic carbocycles. The van der Waals surface area contributed by atoms with Crippen LogP contribution in [0.3, 0.4) is 0 Å². The standard InChI is InChI=1S/C28H22N6O4/c35-25(33-15-7-10-18-8-1-5-13-23(18)33)17-34-31-26(30-32-34)20-11-3-4-12-22(20)29-27(36)21-16-19-9-2-6-14-24(19)38-28(21)37/h1-6,8-9,11-14,16H,7,10,15,17H2,(H,29,36). The third-order valence-corrected chi connectivity index (χ3v) is 6.44. The molecule has 0 bridgehead atoms. The second kappa shape index (κ2) is 9.74. The quantitative estimate of drug-likeness (QED) is 0.361. The highest BCUT2D eigenvalue weighted by Gasteiger charge is 2.24. The normalized spacial score (nSPS) is 12.8. The molecule has 6 rings (SSSR count). The SMILES string of the molecule is O=C(Nc1ccccc1-c1nnn(CC(=O)N2CCCc3ccccc32)n1)c1cc2ccccc2oc1=O. The van der Waals surface area contributed by atoms with Crippen LogP contribution in [-0.4, -0.2) is 38.6 Å². The predicted octanol–water partition coefficient (Wildman–Crippen LogP) is 3.68. The third kappa shape index (κ3) is 4.43. The van der Waals surface area contributed by atoms with Crippen molar-refractivity contribution >= 4 is 34.2 Å². The van der Waals surface area contributed by atoms with Gasteiger partial charge in [-0.2, -0.15) is 4.80 Å². The fourth-order valence-electron chi connectivity index (χ4n) is 4.61. The Morgan fingerprint density at radius 3 is 2.68 bits per heavy atom. The number of para-hydroxylation sites is 3. The second-order valence-corrected chi connectivity index (χ2v) is 8.91. The molecule has 0 radical (unpaired) electrons. The van der Waals surface area contributed by atoms with Crippen LogP contribution in [0, 0.1) is 0 Å². The molecule has 0 saturated carbocycles. The van der Waals surface area contributed by atoms with E-state index in [0.29, 0.717) is 28.8 Å². The van der Waals surface area contributed by atoms with E-state index in [-0.39, 0.29) is 23.8 Å². The Morgan fingerprint density at radius 2 is 1.76 bits per heavy atom. The molecule has 2 aromatic heterocycles. The van der Waals surface area contributed by atoms with Gasteiger partial charge in [0, 0.05) is 23.2 Å². The van der Waals surface area contributed by atoms with E-state index in [1.165, 1.54) is 10.9 Å². The minimum Gasteiger partial charge on any atom is -0.422 e. The summed E-state index contributed by atoms with van der Waals surface area (Å²) in [7, 11) is 0. The number of nitrogens with zero attached hydrogens (tertiary/aromatic N) is 5. The number of hydrogen-bond donors (Lipinski definition) is 1. The van der Waals surface area contributed by atoms with Gasteiger partial charge in [0.25, 0.3) is 11.8 Å². The largest absolute Gasteiger partial charge is 0.422 e. The van der Waals surface area contributed by atoms with Gasteiger partial charge in [-0.15, -0.1) is 10.2 Å². The summed E-state index contributed by atoms with van der Waals surface area (Å²) < 4.78 is 5.29. The number of amides is 2. The van der Waals surface area contributed by atoms with Crippen LogP contribution >= 0.6 is 0 Å². The Bertz CT molecular complexity index is 1740.